The Morgan fingerprint density at radius 2 is 2.00 bits per heavy atom. The second-order valence-corrected chi connectivity index (χ2v) is 5.22. The molecule has 2 aromatic carbocycles. The lowest BCUT2D eigenvalue weighted by molar-refractivity contribution is 0.0987. The lowest BCUT2D eigenvalue weighted by atomic mass is 9.99. The predicted molar refractivity (Wildman–Crippen MR) is 82.5 cm³/mol. The minimum Gasteiger partial charge on any atom is -0.411 e. The van der Waals surface area contributed by atoms with E-state index in [9.17, 15) is 4.79 Å². The monoisotopic (exact) mass is 300 g/mol. The van der Waals surface area contributed by atoms with Crippen molar-refractivity contribution in [2.24, 2.45) is 5.16 Å². The number of benzene rings is 2. The molecule has 0 bridgehead atoms. The van der Waals surface area contributed by atoms with Crippen LogP contribution >= 0.6 is 11.6 Å². The van der Waals surface area contributed by atoms with Gasteiger partial charge >= 0.3 is 0 Å². The summed E-state index contributed by atoms with van der Waals surface area (Å²) in [6.07, 6.45) is 0.514. The average Bonchev–Trinajstić information content (AvgIpc) is 2.53. The van der Waals surface area contributed by atoms with Gasteiger partial charge in [0.2, 0.25) is 0 Å². The third kappa shape index (κ3) is 2.50. The lowest BCUT2D eigenvalue weighted by Gasteiger charge is -2.29. The third-order valence-corrected chi connectivity index (χ3v) is 3.75. The highest BCUT2D eigenvalue weighted by molar-refractivity contribution is 6.31. The Labute approximate surface area is 127 Å². The number of rotatable bonds is 1. The van der Waals surface area contributed by atoms with Gasteiger partial charge in [0.05, 0.1) is 11.4 Å². The van der Waals surface area contributed by atoms with E-state index in [1.54, 1.807) is 29.2 Å². The molecule has 0 radical (unpaired) electrons. The Bertz CT molecular complexity index is 728. The van der Waals surface area contributed by atoms with Crippen molar-refractivity contribution in [3.8, 4) is 0 Å². The molecule has 106 valence electrons. The summed E-state index contributed by atoms with van der Waals surface area (Å²) in [6.45, 7) is 0.474. The Balaban J connectivity index is 2.02. The first-order valence-electron chi connectivity index (χ1n) is 6.58. The molecule has 21 heavy (non-hydrogen) atoms. The molecule has 1 amide bonds. The Morgan fingerprint density at radius 1 is 1.19 bits per heavy atom. The van der Waals surface area contributed by atoms with Crippen LogP contribution < -0.4 is 4.90 Å². The lowest BCUT2D eigenvalue weighted by Crippen LogP contribution is -2.37. The van der Waals surface area contributed by atoms with E-state index >= 15 is 0 Å². The first-order valence-corrected chi connectivity index (χ1v) is 6.96. The third-order valence-electron chi connectivity index (χ3n) is 3.52. The zero-order valence-corrected chi connectivity index (χ0v) is 11.9. The van der Waals surface area contributed by atoms with Gasteiger partial charge in [-0.2, -0.15) is 0 Å². The van der Waals surface area contributed by atoms with Crippen LogP contribution in [0.3, 0.4) is 0 Å². The molecule has 0 unspecified atom stereocenters. The molecular weight excluding hydrogens is 288 g/mol. The maximum absolute atomic E-state index is 12.7. The van der Waals surface area contributed by atoms with Gasteiger partial charge in [0.15, 0.2) is 0 Å². The number of anilines is 1. The minimum absolute atomic E-state index is 0.109. The number of carbonyl (C=O) groups excluding carboxylic acids is 1. The van der Waals surface area contributed by atoms with Crippen molar-refractivity contribution in [3.63, 3.8) is 0 Å². The summed E-state index contributed by atoms with van der Waals surface area (Å²) in [5, 5.41) is 12.9. The van der Waals surface area contributed by atoms with Crippen molar-refractivity contribution in [2.75, 3.05) is 11.4 Å². The van der Waals surface area contributed by atoms with Gasteiger partial charge in [0.25, 0.3) is 5.91 Å². The SMILES string of the molecule is O=C(c1cccc(Cl)c1)N1CCC(=NO)c2ccccc21. The van der Waals surface area contributed by atoms with Gasteiger partial charge in [-0.05, 0) is 24.3 Å². The summed E-state index contributed by atoms with van der Waals surface area (Å²) in [5.74, 6) is -0.109. The van der Waals surface area contributed by atoms with Crippen LogP contribution in [0, 0.1) is 0 Å². The van der Waals surface area contributed by atoms with Gasteiger partial charge in [0, 0.05) is 29.1 Å². The van der Waals surface area contributed by atoms with Crippen LogP contribution in [0.2, 0.25) is 5.02 Å². The second kappa shape index (κ2) is 5.58. The maximum Gasteiger partial charge on any atom is 0.258 e. The molecule has 1 aliphatic rings. The molecule has 0 saturated heterocycles. The molecule has 0 aromatic heterocycles. The van der Waals surface area contributed by atoms with Crippen molar-refractivity contribution in [2.45, 2.75) is 6.42 Å². The van der Waals surface area contributed by atoms with Gasteiger partial charge in [-0.1, -0.05) is 41.0 Å². The molecule has 3 rings (SSSR count). The maximum atomic E-state index is 12.7. The average molecular weight is 301 g/mol. The number of para-hydroxylation sites is 1. The number of carbonyl (C=O) groups is 1. The molecular formula is C16H13ClN2O2. The van der Waals surface area contributed by atoms with Gasteiger partial charge in [-0.25, -0.2) is 0 Å². The van der Waals surface area contributed by atoms with Crippen LogP contribution in [0.25, 0.3) is 0 Å². The van der Waals surface area contributed by atoms with E-state index in [1.807, 2.05) is 24.3 Å². The highest BCUT2D eigenvalue weighted by Gasteiger charge is 2.26. The van der Waals surface area contributed by atoms with E-state index in [4.69, 9.17) is 16.8 Å². The number of nitrogens with zero attached hydrogens (tertiary/aromatic N) is 2. The smallest absolute Gasteiger partial charge is 0.258 e. The molecule has 1 N–H and O–H groups in total. The fourth-order valence-electron chi connectivity index (χ4n) is 2.52. The Hall–Kier alpha value is -2.33. The van der Waals surface area contributed by atoms with Gasteiger partial charge in [0.1, 0.15) is 0 Å². The molecule has 2 aromatic rings. The summed E-state index contributed by atoms with van der Waals surface area (Å²) >= 11 is 5.95. The summed E-state index contributed by atoms with van der Waals surface area (Å²) in [6, 6.07) is 14.3. The van der Waals surface area contributed by atoms with Gasteiger partial charge in [-0.3, -0.25) is 4.79 Å². The van der Waals surface area contributed by atoms with Crippen molar-refractivity contribution >= 4 is 28.9 Å². The second-order valence-electron chi connectivity index (χ2n) is 4.78. The number of hydrogen-bond donors (Lipinski definition) is 1. The fraction of sp³-hybridized carbons (Fsp3) is 0.125. The first-order chi connectivity index (χ1) is 10.2. The zero-order valence-electron chi connectivity index (χ0n) is 11.2. The highest BCUT2D eigenvalue weighted by atomic mass is 35.5. The molecule has 0 spiro atoms. The normalized spacial score (nSPS) is 15.9. The van der Waals surface area contributed by atoms with Crippen LogP contribution in [0.15, 0.2) is 53.7 Å². The van der Waals surface area contributed by atoms with Crippen LogP contribution in [0.4, 0.5) is 5.69 Å². The fourth-order valence-corrected chi connectivity index (χ4v) is 2.71. The predicted octanol–water partition coefficient (Wildman–Crippen LogP) is 3.57. The van der Waals surface area contributed by atoms with Crippen LogP contribution in [-0.2, 0) is 0 Å². The molecule has 1 heterocycles. The first kappa shape index (κ1) is 13.6. The summed E-state index contributed by atoms with van der Waals surface area (Å²) < 4.78 is 0. The van der Waals surface area contributed by atoms with Crippen LogP contribution in [0.5, 0.6) is 0 Å². The molecule has 0 atom stereocenters. The summed E-state index contributed by atoms with van der Waals surface area (Å²) in [4.78, 5) is 14.4. The Morgan fingerprint density at radius 3 is 2.76 bits per heavy atom. The van der Waals surface area contributed by atoms with E-state index in [2.05, 4.69) is 5.16 Å². The molecule has 0 saturated carbocycles. The quantitative estimate of drug-likeness (QED) is 0.646. The van der Waals surface area contributed by atoms with Crippen molar-refractivity contribution < 1.29 is 10.0 Å². The van der Waals surface area contributed by atoms with Crippen molar-refractivity contribution in [1.82, 2.24) is 0 Å². The van der Waals surface area contributed by atoms with Gasteiger partial charge < -0.3 is 10.1 Å². The molecule has 1 aliphatic heterocycles. The topological polar surface area (TPSA) is 52.9 Å². The van der Waals surface area contributed by atoms with E-state index in [0.29, 0.717) is 29.3 Å². The minimum atomic E-state index is -0.109. The number of fused-ring (bicyclic) bond motifs is 1. The zero-order chi connectivity index (χ0) is 14.8. The standard InChI is InChI=1S/C16H13ClN2O2/c17-12-5-3-4-11(10-12)16(20)19-9-8-14(18-21)13-6-1-2-7-15(13)19/h1-7,10,21H,8-9H2. The van der Waals surface area contributed by atoms with Crippen LogP contribution in [0.1, 0.15) is 22.3 Å². The molecule has 5 heteroatoms. The number of amides is 1. The number of oxime groups is 1. The van der Waals surface area contributed by atoms with Crippen LogP contribution in [-0.4, -0.2) is 23.4 Å². The van der Waals surface area contributed by atoms with Crippen molar-refractivity contribution in [3.05, 3.63) is 64.7 Å². The summed E-state index contributed by atoms with van der Waals surface area (Å²) in [7, 11) is 0. The highest BCUT2D eigenvalue weighted by Crippen LogP contribution is 2.29. The Kier molecular flexibility index (Phi) is 3.62. The molecule has 0 fully saturated rings. The number of hydrogen-bond acceptors (Lipinski definition) is 3. The van der Waals surface area contributed by atoms with Crippen molar-refractivity contribution in [1.29, 1.82) is 0 Å². The number of halogens is 1. The molecule has 4 nitrogen and oxygen atoms in total. The van der Waals surface area contributed by atoms with E-state index in [0.717, 1.165) is 11.3 Å². The van der Waals surface area contributed by atoms with Gasteiger partial charge in [-0.15, -0.1) is 0 Å². The molecule has 0 aliphatic carbocycles. The van der Waals surface area contributed by atoms with E-state index in [-0.39, 0.29) is 5.91 Å². The van der Waals surface area contributed by atoms with E-state index < -0.39 is 0 Å². The van der Waals surface area contributed by atoms with E-state index in [1.165, 1.54) is 0 Å². The summed E-state index contributed by atoms with van der Waals surface area (Å²) in [5.41, 5.74) is 2.67. The largest absolute Gasteiger partial charge is 0.411 e.